The minimum atomic E-state index is -4.18. The first kappa shape index (κ1) is 32.8. The highest BCUT2D eigenvalue weighted by Gasteiger charge is 2.35. The van der Waals surface area contributed by atoms with Gasteiger partial charge in [-0.3, -0.25) is 13.9 Å². The van der Waals surface area contributed by atoms with Crippen LogP contribution in [0.15, 0.2) is 71.6 Å². The number of nitrogens with one attached hydrogen (secondary N) is 1. The Morgan fingerprint density at radius 2 is 1.63 bits per heavy atom. The van der Waals surface area contributed by atoms with E-state index in [1.54, 1.807) is 55.5 Å². The van der Waals surface area contributed by atoms with Crippen LogP contribution in [0, 0.1) is 13.8 Å². The second kappa shape index (κ2) is 14.6. The number of aryl methyl sites for hydroxylation is 2. The van der Waals surface area contributed by atoms with Gasteiger partial charge in [-0.05, 0) is 80.6 Å². The van der Waals surface area contributed by atoms with E-state index < -0.39 is 28.5 Å². The van der Waals surface area contributed by atoms with E-state index in [-0.39, 0.29) is 23.4 Å². The van der Waals surface area contributed by atoms with Crippen LogP contribution in [0.5, 0.6) is 0 Å². The highest BCUT2D eigenvalue weighted by molar-refractivity contribution is 7.92. The molecule has 1 fully saturated rings. The number of benzene rings is 3. The first-order chi connectivity index (χ1) is 20.5. The fraction of sp³-hybridized carbons (Fsp3) is 0.394. The number of carbonyl (C=O) groups is 2. The lowest BCUT2D eigenvalue weighted by molar-refractivity contribution is -0.140. The quantitative estimate of drug-likeness (QED) is 0.242. The summed E-state index contributed by atoms with van der Waals surface area (Å²) in [6.07, 6.45) is 5.40. The van der Waals surface area contributed by atoms with E-state index in [1.165, 1.54) is 17.0 Å². The largest absolute Gasteiger partial charge is 0.352 e. The molecule has 10 heteroatoms. The molecule has 0 saturated heterocycles. The Balaban J connectivity index is 1.74. The van der Waals surface area contributed by atoms with Crippen molar-refractivity contribution >= 4 is 50.7 Å². The van der Waals surface area contributed by atoms with Crippen LogP contribution in [0.1, 0.15) is 62.1 Å². The van der Waals surface area contributed by atoms with Crippen LogP contribution in [-0.2, 0) is 26.2 Å². The minimum absolute atomic E-state index is 0.0487. The standard InChI is InChI=1S/C33H39Cl2N3O4S/c1-4-30(33(40)36-27-11-6-5-7-12-27)37(21-25-10-8-9-13-29(25)35)32(39)22-38(31-19-16-26(34)20-24(31)3)43(41,42)28-17-14-23(2)15-18-28/h8-10,13-20,27,30H,4-7,11-12,21-22H2,1-3H3,(H,36,40)/t30-/m1/s1. The van der Waals surface area contributed by atoms with Crippen LogP contribution >= 0.6 is 23.2 Å². The minimum Gasteiger partial charge on any atom is -0.352 e. The number of hydrogen-bond donors (Lipinski definition) is 1. The normalized spacial score (nSPS) is 14.6. The number of anilines is 1. The molecule has 1 atom stereocenters. The Morgan fingerprint density at radius 3 is 2.26 bits per heavy atom. The van der Waals surface area contributed by atoms with Crippen molar-refractivity contribution in [3.8, 4) is 0 Å². The van der Waals surface area contributed by atoms with Crippen molar-refractivity contribution < 1.29 is 18.0 Å². The summed E-state index contributed by atoms with van der Waals surface area (Å²) >= 11 is 12.7. The van der Waals surface area contributed by atoms with E-state index in [1.807, 2.05) is 19.9 Å². The van der Waals surface area contributed by atoms with Gasteiger partial charge >= 0.3 is 0 Å². The first-order valence-electron chi connectivity index (χ1n) is 14.7. The fourth-order valence-corrected chi connectivity index (χ4v) is 7.42. The smallest absolute Gasteiger partial charge is 0.264 e. The molecule has 3 aromatic rings. The zero-order valence-electron chi connectivity index (χ0n) is 24.9. The molecule has 1 saturated carbocycles. The highest BCUT2D eigenvalue weighted by Crippen LogP contribution is 2.30. The number of rotatable bonds is 11. The molecule has 0 aromatic heterocycles. The Hall–Kier alpha value is -3.07. The van der Waals surface area contributed by atoms with E-state index in [9.17, 15) is 18.0 Å². The van der Waals surface area contributed by atoms with Crippen LogP contribution in [0.2, 0.25) is 10.0 Å². The van der Waals surface area contributed by atoms with E-state index in [2.05, 4.69) is 5.32 Å². The molecule has 230 valence electrons. The van der Waals surface area contributed by atoms with Gasteiger partial charge in [-0.2, -0.15) is 0 Å². The van der Waals surface area contributed by atoms with E-state index >= 15 is 0 Å². The molecule has 0 heterocycles. The zero-order valence-corrected chi connectivity index (χ0v) is 27.2. The molecule has 3 aromatic carbocycles. The van der Waals surface area contributed by atoms with Crippen LogP contribution < -0.4 is 9.62 Å². The van der Waals surface area contributed by atoms with Gasteiger partial charge in [-0.25, -0.2) is 8.42 Å². The van der Waals surface area contributed by atoms with Gasteiger partial charge in [-0.1, -0.05) is 85.3 Å². The van der Waals surface area contributed by atoms with Gasteiger partial charge in [0.25, 0.3) is 10.0 Å². The number of sulfonamides is 1. The maximum Gasteiger partial charge on any atom is 0.264 e. The third-order valence-corrected chi connectivity index (χ3v) is 10.3. The van der Waals surface area contributed by atoms with Crippen molar-refractivity contribution in [2.24, 2.45) is 0 Å². The summed E-state index contributed by atoms with van der Waals surface area (Å²) in [4.78, 5) is 29.5. The highest BCUT2D eigenvalue weighted by atomic mass is 35.5. The summed E-state index contributed by atoms with van der Waals surface area (Å²) in [6, 6.07) is 17.7. The van der Waals surface area contributed by atoms with Crippen molar-refractivity contribution in [3.05, 3.63) is 93.5 Å². The van der Waals surface area contributed by atoms with Gasteiger partial charge in [0.05, 0.1) is 10.6 Å². The Labute approximate surface area is 265 Å². The molecule has 1 aliphatic carbocycles. The monoisotopic (exact) mass is 643 g/mol. The SMILES string of the molecule is CC[C@H](C(=O)NC1CCCCC1)N(Cc1ccccc1Cl)C(=O)CN(c1ccc(Cl)cc1C)S(=O)(=O)c1ccc(C)cc1. The Morgan fingerprint density at radius 1 is 0.953 bits per heavy atom. The van der Waals surface area contributed by atoms with Gasteiger partial charge in [0.2, 0.25) is 11.8 Å². The maximum atomic E-state index is 14.3. The summed E-state index contributed by atoms with van der Waals surface area (Å²) in [5, 5.41) is 4.06. The van der Waals surface area contributed by atoms with Crippen LogP contribution in [-0.4, -0.2) is 43.8 Å². The maximum absolute atomic E-state index is 14.3. The van der Waals surface area contributed by atoms with Crippen LogP contribution in [0.25, 0.3) is 0 Å². The molecule has 4 rings (SSSR count). The van der Waals surface area contributed by atoms with Crippen molar-refractivity contribution in [2.75, 3.05) is 10.8 Å². The second-order valence-corrected chi connectivity index (χ2v) is 13.8. The van der Waals surface area contributed by atoms with Gasteiger partial charge in [-0.15, -0.1) is 0 Å². The van der Waals surface area contributed by atoms with Crippen LogP contribution in [0.3, 0.4) is 0 Å². The summed E-state index contributed by atoms with van der Waals surface area (Å²) in [7, 11) is -4.18. The Kier molecular flexibility index (Phi) is 11.2. The lowest BCUT2D eigenvalue weighted by atomic mass is 9.95. The average Bonchev–Trinajstić information content (AvgIpc) is 2.97. The molecule has 0 spiro atoms. The lowest BCUT2D eigenvalue weighted by Gasteiger charge is -2.35. The molecule has 0 radical (unpaired) electrons. The molecule has 7 nitrogen and oxygen atoms in total. The van der Waals surface area contributed by atoms with E-state index in [0.717, 1.165) is 42.0 Å². The van der Waals surface area contributed by atoms with Crippen molar-refractivity contribution in [1.29, 1.82) is 0 Å². The number of carbonyl (C=O) groups excluding carboxylic acids is 2. The number of hydrogen-bond acceptors (Lipinski definition) is 4. The zero-order chi connectivity index (χ0) is 31.1. The summed E-state index contributed by atoms with van der Waals surface area (Å²) < 4.78 is 29.3. The molecule has 0 bridgehead atoms. The first-order valence-corrected chi connectivity index (χ1v) is 16.9. The van der Waals surface area contributed by atoms with E-state index in [4.69, 9.17) is 23.2 Å². The summed E-state index contributed by atoms with van der Waals surface area (Å²) in [5.41, 5.74) is 2.49. The van der Waals surface area contributed by atoms with E-state index in [0.29, 0.717) is 33.3 Å². The fourth-order valence-electron chi connectivity index (χ4n) is 5.52. The third kappa shape index (κ3) is 8.11. The van der Waals surface area contributed by atoms with Crippen molar-refractivity contribution in [1.82, 2.24) is 10.2 Å². The lowest BCUT2D eigenvalue weighted by Crippen LogP contribution is -2.54. The molecule has 2 amide bonds. The van der Waals surface area contributed by atoms with Gasteiger partial charge in [0.15, 0.2) is 0 Å². The Bertz CT molecular complexity index is 1540. The van der Waals surface area contributed by atoms with Crippen molar-refractivity contribution in [2.45, 2.75) is 82.8 Å². The third-order valence-electron chi connectivity index (χ3n) is 7.95. The van der Waals surface area contributed by atoms with Gasteiger partial charge in [0.1, 0.15) is 12.6 Å². The molecule has 1 aliphatic rings. The predicted molar refractivity (Wildman–Crippen MR) is 173 cm³/mol. The topological polar surface area (TPSA) is 86.8 Å². The molecule has 0 unspecified atom stereocenters. The predicted octanol–water partition coefficient (Wildman–Crippen LogP) is 7.06. The molecule has 1 N–H and O–H groups in total. The molecule has 0 aliphatic heterocycles. The number of amides is 2. The molecular weight excluding hydrogens is 605 g/mol. The summed E-state index contributed by atoms with van der Waals surface area (Å²) in [6.45, 7) is 5.00. The van der Waals surface area contributed by atoms with Gasteiger partial charge < -0.3 is 10.2 Å². The van der Waals surface area contributed by atoms with Crippen LogP contribution in [0.4, 0.5) is 5.69 Å². The number of nitrogens with zero attached hydrogens (tertiary/aromatic N) is 2. The van der Waals surface area contributed by atoms with Gasteiger partial charge in [0, 0.05) is 22.6 Å². The second-order valence-electron chi connectivity index (χ2n) is 11.1. The average molecular weight is 645 g/mol. The van der Waals surface area contributed by atoms with Crippen molar-refractivity contribution in [3.63, 3.8) is 0 Å². The molecular formula is C33H39Cl2N3O4S. The number of halogens is 2. The molecule has 43 heavy (non-hydrogen) atoms. The summed E-state index contributed by atoms with van der Waals surface area (Å²) in [5.74, 6) is -0.763.